The zero-order valence-corrected chi connectivity index (χ0v) is 75.9. The first-order valence-electron chi connectivity index (χ1n) is 43.3. The summed E-state index contributed by atoms with van der Waals surface area (Å²) in [7, 11) is 7.30. The van der Waals surface area contributed by atoms with Crippen molar-refractivity contribution in [3.63, 3.8) is 0 Å². The number of hydrogen-bond acceptors (Lipinski definition) is 20. The molecule has 4 aliphatic heterocycles. The molecule has 145 heavy (non-hydrogen) atoms. The van der Waals surface area contributed by atoms with Gasteiger partial charge in [-0.1, -0.05) is 0 Å². The molecule has 0 spiro atoms. The third kappa shape index (κ3) is 22.6. The van der Waals surface area contributed by atoms with E-state index >= 15 is 0 Å². The quantitative estimate of drug-likeness (QED) is 0.0550. The molecule has 0 saturated heterocycles. The minimum atomic E-state index is -4.57. The lowest BCUT2D eigenvalue weighted by Gasteiger charge is -2.36. The molecule has 20 rings (SSSR count). The summed E-state index contributed by atoms with van der Waals surface area (Å²) in [6.07, 6.45) is -6.80. The summed E-state index contributed by atoms with van der Waals surface area (Å²) in [6, 6.07) is 53.4. The average molecular weight is 2020 g/mol. The van der Waals surface area contributed by atoms with Crippen LogP contribution in [0.25, 0.3) is 44.0 Å². The average Bonchev–Trinajstić information content (AvgIpc) is 0.928. The highest BCUT2D eigenvalue weighted by molar-refractivity contribution is 6.14. The zero-order chi connectivity index (χ0) is 103. The number of carbonyl (C=O) groups excluding carboxylic acids is 4. The number of amides is 8. The second kappa shape index (κ2) is 41.0. The molecule has 8 aromatic carbocycles. The van der Waals surface area contributed by atoms with Crippen LogP contribution in [0.3, 0.4) is 0 Å². The van der Waals surface area contributed by atoms with Crippen LogP contribution in [0, 0.1) is 0 Å². The zero-order valence-electron chi connectivity index (χ0n) is 75.9. The van der Waals surface area contributed by atoms with Crippen LogP contribution in [0.2, 0.25) is 0 Å². The van der Waals surface area contributed by atoms with E-state index in [1.54, 1.807) is 130 Å². The van der Waals surface area contributed by atoms with Gasteiger partial charge in [0.1, 0.15) is 58.6 Å². The summed E-state index contributed by atoms with van der Waals surface area (Å²) in [4.78, 5) is 96.2. The van der Waals surface area contributed by atoms with Gasteiger partial charge in [-0.05, 0) is 207 Å². The summed E-state index contributed by atoms with van der Waals surface area (Å²) < 4.78 is 255. The van der Waals surface area contributed by atoms with Crippen molar-refractivity contribution in [2.24, 2.45) is 28.2 Å². The fourth-order valence-electron chi connectivity index (χ4n) is 15.9. The van der Waals surface area contributed by atoms with Crippen molar-refractivity contribution in [2.75, 3.05) is 70.9 Å². The number of halogens is 17. The Bertz CT molecular complexity index is 7240. The number of hydrogen-bond donors (Lipinski definition) is 1. The molecule has 49 heteroatoms. The fraction of sp³-hybridized carbons (Fsp3) is 0.208. The Hall–Kier alpha value is -17.5. The van der Waals surface area contributed by atoms with Crippen molar-refractivity contribution in [1.82, 2.24) is 58.4 Å². The fourth-order valence-corrected chi connectivity index (χ4v) is 15.9. The molecule has 8 amide bonds. The lowest BCUT2D eigenvalue weighted by Crippen LogP contribution is -2.45. The minimum absolute atomic E-state index is 0.00188. The number of benzene rings is 8. The second-order valence-electron chi connectivity index (χ2n) is 32.2. The number of nitrogens with one attached hydrogen (secondary N) is 1. The van der Waals surface area contributed by atoms with E-state index in [1.165, 1.54) is 150 Å². The number of aromatic nitrogens is 12. The van der Waals surface area contributed by atoms with Crippen molar-refractivity contribution < 1.29 is 127 Å². The van der Waals surface area contributed by atoms with E-state index in [4.69, 9.17) is 14.2 Å². The first kappa shape index (κ1) is 99.1. The van der Waals surface area contributed by atoms with Gasteiger partial charge in [-0.15, -0.1) is 0 Å². The maximum absolute atomic E-state index is 13.8. The number of alkyl halides is 17. The molecule has 1 N–H and O–H groups in total. The Morgan fingerprint density at radius 2 is 0.614 bits per heavy atom. The standard InChI is InChI=1S/C24H19F5N6O2.2C24H18F5N5O3.C24H21F2N5O3/c1-33-13-31-18-8-5-16(10-19(18)33)34-11-14-2-9-20(30-12-24(27,28)29)32-21(14)35(23(34)36)15-3-6-17(7-4-15)37-22(25)26;1-32-11-15-10-17(5-8-19(15)31-32)33-12-14-2-9-20(36-13-24(27,28)29)30-21(14)34(23(33)35)16-3-6-18(7-4-16)37-22(25)26;1-32-13-30-18-8-5-16(10-19(18)32)33-11-14-2-9-20(36-12-24(27,28)29)31-21(14)34(23(33)35)15-3-6-17(7-4-15)37-22(25)26;1-3-33-21-11-4-15-13-30(17-7-10-19-20(12-17)29(2)14-27-19)24(32)31(22(15)28-21)16-5-8-18(9-6-16)34-23(25)26/h2-10,13,22H,11-12H2,1H3,(H,30,32);2-11,22H,12-13H2,1H3;2-10,13,22H,11-12H2,1H3;4-12,14,23H,3,13H2,1-2H3. The highest BCUT2D eigenvalue weighted by atomic mass is 19.4. The van der Waals surface area contributed by atoms with Gasteiger partial charge in [-0.3, -0.25) is 24.3 Å². The number of anilines is 13. The van der Waals surface area contributed by atoms with Gasteiger partial charge in [0.05, 0.1) is 113 Å². The lowest BCUT2D eigenvalue weighted by molar-refractivity contribution is -0.154. The molecule has 0 radical (unpaired) electrons. The van der Waals surface area contributed by atoms with E-state index < -0.39 is 82.8 Å². The number of rotatable bonds is 24. The SMILES string of the molecule is CCOc1ccc2c(n1)N(c1ccc(OC(F)F)cc1)C(=O)N(c1ccc3ncn(C)c3c1)C2.Cn1cc2cc(N3Cc4ccc(OCC(F)(F)F)nc4N(c4ccc(OC(F)F)cc4)C3=O)ccc2n1.Cn1cnc2ccc(N3Cc4ccc(NCC(F)(F)F)nc4N(c4ccc(OC(F)F)cc4)C3=O)cc21.Cn1cnc2ccc(N3Cc4ccc(OCC(F)(F)F)nc4N(c4ccc(OC(F)F)cc4)C3=O)cc21. The lowest BCUT2D eigenvalue weighted by atomic mass is 10.1. The monoisotopic (exact) mass is 2020 g/mol. The maximum Gasteiger partial charge on any atom is 0.422 e. The molecule has 0 bridgehead atoms. The summed E-state index contributed by atoms with van der Waals surface area (Å²) in [5.74, 6) is -0.0289. The predicted molar refractivity (Wildman–Crippen MR) is 496 cm³/mol. The minimum Gasteiger partial charge on any atom is -0.478 e. The normalized spacial score (nSPS) is 13.8. The molecular formula is C96H76F17N21O11. The third-order valence-electron chi connectivity index (χ3n) is 22.4. The van der Waals surface area contributed by atoms with Gasteiger partial charge in [0.25, 0.3) is 0 Å². The van der Waals surface area contributed by atoms with E-state index in [9.17, 15) is 93.8 Å². The molecule has 0 unspecified atom stereocenters. The highest BCUT2D eigenvalue weighted by Gasteiger charge is 2.42. The van der Waals surface area contributed by atoms with Crippen molar-refractivity contribution in [3.05, 3.63) is 266 Å². The Morgan fingerprint density at radius 1 is 0.331 bits per heavy atom. The number of imidazole rings is 3. The second-order valence-corrected chi connectivity index (χ2v) is 32.2. The number of pyridine rings is 4. The third-order valence-corrected chi connectivity index (χ3v) is 22.4. The number of urea groups is 4. The Morgan fingerprint density at radius 3 is 0.910 bits per heavy atom. The van der Waals surface area contributed by atoms with Gasteiger partial charge >= 0.3 is 69.1 Å². The van der Waals surface area contributed by atoms with Gasteiger partial charge in [-0.2, -0.15) is 94.7 Å². The van der Waals surface area contributed by atoms with Crippen LogP contribution in [-0.4, -0.2) is 154 Å². The van der Waals surface area contributed by atoms with Gasteiger partial charge in [0, 0.05) is 103 Å². The molecule has 16 aromatic rings. The summed E-state index contributed by atoms with van der Waals surface area (Å²) in [5, 5.41) is 7.34. The number of fused-ring (bicyclic) bond motifs is 8. The van der Waals surface area contributed by atoms with Gasteiger partial charge in [0.15, 0.2) is 13.2 Å². The molecule has 0 fully saturated rings. The molecule has 0 saturated carbocycles. The molecule has 8 aromatic heterocycles. The number of aryl methyl sites for hydroxylation is 4. The summed E-state index contributed by atoms with van der Waals surface area (Å²) in [5.41, 5.74) is 11.5. The van der Waals surface area contributed by atoms with Crippen LogP contribution in [0.5, 0.6) is 40.6 Å². The van der Waals surface area contributed by atoms with Crippen LogP contribution in [0.1, 0.15) is 29.2 Å². The maximum atomic E-state index is 13.8. The largest absolute Gasteiger partial charge is 0.478 e. The molecule has 750 valence electrons. The van der Waals surface area contributed by atoms with Crippen molar-refractivity contribution in [3.8, 4) is 40.6 Å². The first-order chi connectivity index (χ1) is 69.2. The summed E-state index contributed by atoms with van der Waals surface area (Å²) >= 11 is 0. The molecule has 32 nitrogen and oxygen atoms in total. The van der Waals surface area contributed by atoms with Crippen molar-refractivity contribution in [1.29, 1.82) is 0 Å². The first-order valence-corrected chi connectivity index (χ1v) is 43.3. The highest BCUT2D eigenvalue weighted by Crippen LogP contribution is 2.46. The van der Waals surface area contributed by atoms with Crippen LogP contribution in [-0.2, 0) is 54.4 Å². The van der Waals surface area contributed by atoms with E-state index in [-0.39, 0.29) is 101 Å². The van der Waals surface area contributed by atoms with Crippen LogP contribution >= 0.6 is 0 Å². The van der Waals surface area contributed by atoms with E-state index in [2.05, 4.69) is 64.3 Å². The Labute approximate surface area is 808 Å². The molecule has 12 heterocycles. The molecule has 0 atom stereocenters. The topological polar surface area (TPSA) is 294 Å². The van der Waals surface area contributed by atoms with E-state index in [1.807, 2.05) is 56.9 Å². The van der Waals surface area contributed by atoms with E-state index in [0.29, 0.717) is 70.0 Å². The van der Waals surface area contributed by atoms with Gasteiger partial charge in [-0.25, -0.2) is 58.7 Å². The molecular weight excluding hydrogens is 1950 g/mol. The van der Waals surface area contributed by atoms with Crippen LogP contribution in [0.4, 0.5) is 168 Å². The Kier molecular flexibility index (Phi) is 28.0. The van der Waals surface area contributed by atoms with Crippen molar-refractivity contribution in [2.45, 2.75) is 78.1 Å². The number of nitrogens with zero attached hydrogens (tertiary/aromatic N) is 20. The number of ether oxygens (including phenoxy) is 7. The van der Waals surface area contributed by atoms with Crippen molar-refractivity contribution >= 4 is 143 Å². The molecule has 4 aliphatic rings. The van der Waals surface area contributed by atoms with Crippen LogP contribution < -0.4 is 77.7 Å². The van der Waals surface area contributed by atoms with Gasteiger partial charge < -0.3 is 52.2 Å². The smallest absolute Gasteiger partial charge is 0.422 e. The number of carbonyl (C=O) groups is 4. The van der Waals surface area contributed by atoms with E-state index in [0.717, 1.165) is 49.6 Å². The molecule has 0 aliphatic carbocycles. The summed E-state index contributed by atoms with van der Waals surface area (Å²) in [6.45, 7) is -13.6. The van der Waals surface area contributed by atoms with Gasteiger partial charge in [0.2, 0.25) is 17.6 Å². The Balaban J connectivity index is 0.000000132. The van der Waals surface area contributed by atoms with Crippen LogP contribution in [0.15, 0.2) is 244 Å². The predicted octanol–water partition coefficient (Wildman–Crippen LogP) is 22.6.